The zero-order valence-electron chi connectivity index (χ0n) is 11.6. The first-order valence-electron chi connectivity index (χ1n) is 6.36. The number of methoxy groups -OCH3 is 2. The Labute approximate surface area is 132 Å². The predicted molar refractivity (Wildman–Crippen MR) is 85.8 cm³/mol. The van der Waals surface area contributed by atoms with Crippen molar-refractivity contribution in [2.45, 2.75) is 32.4 Å². The van der Waals surface area contributed by atoms with Gasteiger partial charge in [0.05, 0.1) is 18.2 Å². The van der Waals surface area contributed by atoms with Gasteiger partial charge in [0.25, 0.3) is 0 Å². The molecule has 108 valence electrons. The van der Waals surface area contributed by atoms with Crippen LogP contribution in [0.3, 0.4) is 0 Å². The number of rotatable bonds is 8. The van der Waals surface area contributed by atoms with Gasteiger partial charge in [0.2, 0.25) is 0 Å². The zero-order chi connectivity index (χ0) is 14.3. The monoisotopic (exact) mass is 393 g/mol. The van der Waals surface area contributed by atoms with Gasteiger partial charge in [-0.15, -0.1) is 0 Å². The highest BCUT2D eigenvalue weighted by Crippen LogP contribution is 2.32. The van der Waals surface area contributed by atoms with E-state index in [1.807, 2.05) is 6.07 Å². The van der Waals surface area contributed by atoms with Gasteiger partial charge in [-0.2, -0.15) is 0 Å². The molecule has 1 N–H and O–H groups in total. The average molecular weight is 395 g/mol. The van der Waals surface area contributed by atoms with E-state index in [1.165, 1.54) is 0 Å². The van der Waals surface area contributed by atoms with Crippen molar-refractivity contribution in [3.8, 4) is 5.75 Å². The van der Waals surface area contributed by atoms with Crippen molar-refractivity contribution in [1.29, 1.82) is 0 Å². The molecule has 0 aliphatic heterocycles. The van der Waals surface area contributed by atoms with Crippen LogP contribution in [-0.4, -0.2) is 26.9 Å². The summed E-state index contributed by atoms with van der Waals surface area (Å²) in [6.45, 7) is 3.67. The zero-order valence-corrected chi connectivity index (χ0v) is 14.8. The molecule has 1 aromatic rings. The van der Waals surface area contributed by atoms with Crippen LogP contribution in [0, 0.1) is 0 Å². The van der Waals surface area contributed by atoms with E-state index in [-0.39, 0.29) is 0 Å². The second kappa shape index (κ2) is 8.95. The van der Waals surface area contributed by atoms with Crippen LogP contribution in [0.15, 0.2) is 21.1 Å². The molecule has 0 saturated carbocycles. The van der Waals surface area contributed by atoms with Gasteiger partial charge in [-0.3, -0.25) is 0 Å². The summed E-state index contributed by atoms with van der Waals surface area (Å²) in [5.74, 6) is 0.878. The van der Waals surface area contributed by atoms with Gasteiger partial charge >= 0.3 is 0 Å². The molecule has 0 fully saturated rings. The molecular weight excluding hydrogens is 374 g/mol. The first-order valence-corrected chi connectivity index (χ1v) is 7.95. The van der Waals surface area contributed by atoms with Crippen LogP contribution in [-0.2, 0) is 11.3 Å². The number of hydrogen-bond donors (Lipinski definition) is 1. The molecular formula is C14H21Br2NO2. The highest BCUT2D eigenvalue weighted by molar-refractivity contribution is 9.11. The highest BCUT2D eigenvalue weighted by Gasteiger charge is 2.12. The fourth-order valence-corrected chi connectivity index (χ4v) is 3.50. The maximum absolute atomic E-state index is 5.44. The van der Waals surface area contributed by atoms with E-state index >= 15 is 0 Å². The minimum atomic E-state index is 0.373. The van der Waals surface area contributed by atoms with E-state index in [0.29, 0.717) is 6.04 Å². The van der Waals surface area contributed by atoms with Crippen molar-refractivity contribution in [2.24, 2.45) is 0 Å². The first kappa shape index (κ1) is 17.0. The van der Waals surface area contributed by atoms with E-state index < -0.39 is 0 Å². The summed E-state index contributed by atoms with van der Waals surface area (Å²) in [4.78, 5) is 0. The third-order valence-corrected chi connectivity index (χ3v) is 3.92. The van der Waals surface area contributed by atoms with Crippen LogP contribution < -0.4 is 10.1 Å². The molecule has 0 bridgehead atoms. The Morgan fingerprint density at radius 1 is 1.26 bits per heavy atom. The molecule has 1 rings (SSSR count). The molecule has 0 aliphatic rings. The molecule has 3 nitrogen and oxygen atoms in total. The summed E-state index contributed by atoms with van der Waals surface area (Å²) < 4.78 is 12.7. The second-order valence-corrected chi connectivity index (χ2v) is 6.17. The summed E-state index contributed by atoms with van der Waals surface area (Å²) in [6.07, 6.45) is 2.24. The summed E-state index contributed by atoms with van der Waals surface area (Å²) >= 11 is 7.03. The Kier molecular flexibility index (Phi) is 7.99. The number of hydrogen-bond acceptors (Lipinski definition) is 3. The van der Waals surface area contributed by atoms with Crippen LogP contribution in [0.1, 0.15) is 25.3 Å². The molecule has 0 spiro atoms. The second-order valence-electron chi connectivity index (χ2n) is 4.40. The van der Waals surface area contributed by atoms with E-state index in [2.05, 4.69) is 50.2 Å². The van der Waals surface area contributed by atoms with E-state index in [9.17, 15) is 0 Å². The van der Waals surface area contributed by atoms with Crippen LogP contribution in [0.4, 0.5) is 0 Å². The third-order valence-electron chi connectivity index (χ3n) is 2.88. The number of benzene rings is 1. The SMILES string of the molecule is CCCC(COC)NCc1cc(Br)cc(Br)c1OC. The summed E-state index contributed by atoms with van der Waals surface area (Å²) in [5, 5.41) is 3.52. The van der Waals surface area contributed by atoms with Crippen molar-refractivity contribution < 1.29 is 9.47 Å². The lowest BCUT2D eigenvalue weighted by Gasteiger charge is -2.19. The highest BCUT2D eigenvalue weighted by atomic mass is 79.9. The van der Waals surface area contributed by atoms with Gasteiger partial charge in [0, 0.05) is 29.7 Å². The third kappa shape index (κ3) is 5.42. The van der Waals surface area contributed by atoms with E-state index in [1.54, 1.807) is 14.2 Å². The lowest BCUT2D eigenvalue weighted by molar-refractivity contribution is 0.161. The summed E-state index contributed by atoms with van der Waals surface area (Å²) in [5.41, 5.74) is 1.13. The first-order chi connectivity index (χ1) is 9.12. The molecule has 0 saturated heterocycles. The Bertz CT molecular complexity index is 393. The van der Waals surface area contributed by atoms with Crippen LogP contribution in [0.25, 0.3) is 0 Å². The van der Waals surface area contributed by atoms with Gasteiger partial charge < -0.3 is 14.8 Å². The fourth-order valence-electron chi connectivity index (χ4n) is 2.02. The van der Waals surface area contributed by atoms with Crippen molar-refractivity contribution in [1.82, 2.24) is 5.32 Å². The summed E-state index contributed by atoms with van der Waals surface area (Å²) in [6, 6.07) is 4.44. The smallest absolute Gasteiger partial charge is 0.137 e. The quantitative estimate of drug-likeness (QED) is 0.719. The number of nitrogens with one attached hydrogen (secondary N) is 1. The number of halogens is 2. The average Bonchev–Trinajstić information content (AvgIpc) is 2.36. The van der Waals surface area contributed by atoms with Gasteiger partial charge in [-0.25, -0.2) is 0 Å². The number of ether oxygens (including phenoxy) is 2. The van der Waals surface area contributed by atoms with Gasteiger partial charge in [-0.05, 0) is 34.5 Å². The maximum atomic E-state index is 5.44. The fraction of sp³-hybridized carbons (Fsp3) is 0.571. The standard InChI is InChI=1S/C14H21Br2NO2/c1-4-5-12(9-18-2)17-8-10-6-11(15)7-13(16)14(10)19-3/h6-7,12,17H,4-5,8-9H2,1-3H3. The van der Waals surface area contributed by atoms with Crippen LogP contribution in [0.2, 0.25) is 0 Å². The Hall–Kier alpha value is -0.100. The minimum Gasteiger partial charge on any atom is -0.495 e. The van der Waals surface area contributed by atoms with Crippen molar-refractivity contribution in [2.75, 3.05) is 20.8 Å². The van der Waals surface area contributed by atoms with Crippen LogP contribution >= 0.6 is 31.9 Å². The van der Waals surface area contributed by atoms with Gasteiger partial charge in [0.15, 0.2) is 0 Å². The lowest BCUT2D eigenvalue weighted by atomic mass is 10.1. The molecule has 0 aromatic heterocycles. The van der Waals surface area contributed by atoms with E-state index in [0.717, 1.165) is 46.3 Å². The van der Waals surface area contributed by atoms with Crippen molar-refractivity contribution in [3.63, 3.8) is 0 Å². The molecule has 5 heteroatoms. The molecule has 1 unspecified atom stereocenters. The molecule has 1 atom stereocenters. The topological polar surface area (TPSA) is 30.5 Å². The normalized spacial score (nSPS) is 12.5. The molecule has 0 aliphatic carbocycles. The Balaban J connectivity index is 2.75. The molecule has 0 heterocycles. The summed E-state index contributed by atoms with van der Waals surface area (Å²) in [7, 11) is 3.43. The lowest BCUT2D eigenvalue weighted by Crippen LogP contribution is -2.32. The van der Waals surface area contributed by atoms with Crippen molar-refractivity contribution >= 4 is 31.9 Å². The van der Waals surface area contributed by atoms with Crippen LogP contribution in [0.5, 0.6) is 5.75 Å². The van der Waals surface area contributed by atoms with Crippen molar-refractivity contribution in [3.05, 3.63) is 26.6 Å². The Morgan fingerprint density at radius 3 is 2.58 bits per heavy atom. The molecule has 1 aromatic carbocycles. The minimum absolute atomic E-state index is 0.373. The largest absolute Gasteiger partial charge is 0.495 e. The molecule has 0 radical (unpaired) electrons. The van der Waals surface area contributed by atoms with Gasteiger partial charge in [0.1, 0.15) is 5.75 Å². The maximum Gasteiger partial charge on any atom is 0.137 e. The van der Waals surface area contributed by atoms with Gasteiger partial charge in [-0.1, -0.05) is 29.3 Å². The predicted octanol–water partition coefficient (Wildman–Crippen LogP) is 4.12. The molecule has 0 amide bonds. The van der Waals surface area contributed by atoms with E-state index in [4.69, 9.17) is 9.47 Å². The Morgan fingerprint density at radius 2 is 2.00 bits per heavy atom. The molecule has 19 heavy (non-hydrogen) atoms.